The van der Waals surface area contributed by atoms with Crippen molar-refractivity contribution in [1.29, 1.82) is 0 Å². The number of hydrogen-bond acceptors (Lipinski definition) is 9. The van der Waals surface area contributed by atoms with E-state index in [2.05, 4.69) is 26.6 Å². The summed E-state index contributed by atoms with van der Waals surface area (Å²) >= 11 is 0. The minimum absolute atomic E-state index is 0.0253. The molecule has 1 heterocycles. The maximum Gasteiger partial charge on any atom is 0.305 e. The summed E-state index contributed by atoms with van der Waals surface area (Å²) in [6.45, 7) is 1.89. The van der Waals surface area contributed by atoms with Gasteiger partial charge in [0, 0.05) is 19.9 Å². The van der Waals surface area contributed by atoms with E-state index in [9.17, 15) is 48.6 Å². The standard InChI is InChI=1S/C27H37N7O10/c1-14(24(41)33-18(25(42)29-12-21(28)37)10-16-5-7-17(36)8-6-16)31-26(43)19(11-23(39)40)32-22(38)13-30-27(44)20-4-3-9-34(20)15(2)35/h5-8,14,18-20,36H,3-4,9-13H2,1-2H3,(H2,28,37)(H,29,42)(H,30,44)(H,31,43)(H,32,38)(H,33,41)(H,39,40)/t14-,18-,19-,20-/m0/s1. The lowest BCUT2D eigenvalue weighted by atomic mass is 10.0. The van der Waals surface area contributed by atoms with E-state index in [0.29, 0.717) is 24.9 Å². The third kappa shape index (κ3) is 11.2. The number of nitrogens with zero attached hydrogens (tertiary/aromatic N) is 1. The number of phenols is 1. The first kappa shape index (κ1) is 35.0. The van der Waals surface area contributed by atoms with E-state index >= 15 is 0 Å². The van der Waals surface area contributed by atoms with Gasteiger partial charge in [0.2, 0.25) is 41.4 Å². The van der Waals surface area contributed by atoms with Gasteiger partial charge in [-0.3, -0.25) is 38.4 Å². The van der Waals surface area contributed by atoms with E-state index < -0.39 is 85.1 Å². The average molecular weight is 620 g/mol. The first-order valence-electron chi connectivity index (χ1n) is 13.7. The van der Waals surface area contributed by atoms with Crippen LogP contribution < -0.4 is 32.3 Å². The molecule has 0 radical (unpaired) electrons. The third-order valence-corrected chi connectivity index (χ3v) is 6.61. The molecule has 17 heteroatoms. The van der Waals surface area contributed by atoms with Gasteiger partial charge in [0.25, 0.3) is 0 Å². The number of nitrogens with one attached hydrogen (secondary N) is 5. The smallest absolute Gasteiger partial charge is 0.305 e. The number of aromatic hydroxyl groups is 1. The Morgan fingerprint density at radius 2 is 1.57 bits per heavy atom. The van der Waals surface area contributed by atoms with Gasteiger partial charge in [-0.25, -0.2) is 0 Å². The van der Waals surface area contributed by atoms with Gasteiger partial charge >= 0.3 is 5.97 Å². The van der Waals surface area contributed by atoms with Crippen LogP contribution in [0.15, 0.2) is 24.3 Å². The zero-order chi connectivity index (χ0) is 33.0. The van der Waals surface area contributed by atoms with Crippen LogP contribution in [0.5, 0.6) is 5.75 Å². The van der Waals surface area contributed by atoms with E-state index in [1.807, 2.05) is 0 Å². The second-order valence-electron chi connectivity index (χ2n) is 10.2. The number of rotatable bonds is 15. The molecule has 0 bridgehead atoms. The van der Waals surface area contributed by atoms with Crippen LogP contribution in [0.3, 0.4) is 0 Å². The topological polar surface area (TPSA) is 266 Å². The highest BCUT2D eigenvalue weighted by molar-refractivity contribution is 5.97. The zero-order valence-electron chi connectivity index (χ0n) is 24.3. The quantitative estimate of drug-likeness (QED) is 0.0965. The van der Waals surface area contributed by atoms with Gasteiger partial charge < -0.3 is 47.4 Å². The molecule has 0 unspecified atom stereocenters. The number of phenolic OH excluding ortho intramolecular Hbond substituents is 1. The number of carbonyl (C=O) groups is 8. The first-order valence-corrected chi connectivity index (χ1v) is 13.7. The molecule has 0 spiro atoms. The van der Waals surface area contributed by atoms with Crippen LogP contribution in [-0.2, 0) is 44.8 Å². The number of benzene rings is 1. The van der Waals surface area contributed by atoms with Crippen molar-refractivity contribution in [2.75, 3.05) is 19.6 Å². The molecule has 44 heavy (non-hydrogen) atoms. The fraction of sp³-hybridized carbons (Fsp3) is 0.481. The molecule has 7 amide bonds. The number of nitrogens with two attached hydrogens (primary N) is 1. The van der Waals surface area contributed by atoms with Crippen LogP contribution in [0.1, 0.15) is 38.7 Å². The van der Waals surface area contributed by atoms with E-state index in [1.165, 1.54) is 43.0 Å². The number of likely N-dealkylation sites (tertiary alicyclic amines) is 1. The molecule has 2 rings (SSSR count). The number of hydrogen-bond donors (Lipinski definition) is 8. The highest BCUT2D eigenvalue weighted by Crippen LogP contribution is 2.17. The summed E-state index contributed by atoms with van der Waals surface area (Å²) in [7, 11) is 0. The van der Waals surface area contributed by atoms with Gasteiger partial charge in [-0.05, 0) is 37.5 Å². The lowest BCUT2D eigenvalue weighted by Gasteiger charge is -2.24. The van der Waals surface area contributed by atoms with Crippen LogP contribution in [-0.4, -0.2) is 106 Å². The monoisotopic (exact) mass is 619 g/mol. The Balaban J connectivity index is 2.01. The van der Waals surface area contributed by atoms with Crippen molar-refractivity contribution in [3.05, 3.63) is 29.8 Å². The molecule has 1 aromatic rings. The minimum Gasteiger partial charge on any atom is -0.508 e. The third-order valence-electron chi connectivity index (χ3n) is 6.61. The van der Waals surface area contributed by atoms with Crippen molar-refractivity contribution < 1.29 is 48.6 Å². The van der Waals surface area contributed by atoms with Crippen molar-refractivity contribution >= 4 is 47.3 Å². The van der Waals surface area contributed by atoms with Gasteiger partial charge in [-0.2, -0.15) is 0 Å². The summed E-state index contributed by atoms with van der Waals surface area (Å²) in [6, 6.07) is 0.842. The summed E-state index contributed by atoms with van der Waals surface area (Å²) in [4.78, 5) is 98.9. The average Bonchev–Trinajstić information content (AvgIpc) is 3.45. The van der Waals surface area contributed by atoms with Gasteiger partial charge in [0.15, 0.2) is 0 Å². The number of carbonyl (C=O) groups excluding carboxylic acids is 7. The molecule has 0 aromatic heterocycles. The summed E-state index contributed by atoms with van der Waals surface area (Å²) < 4.78 is 0. The van der Waals surface area contributed by atoms with E-state index in [1.54, 1.807) is 0 Å². The second-order valence-corrected chi connectivity index (χ2v) is 10.2. The van der Waals surface area contributed by atoms with Gasteiger partial charge in [0.05, 0.1) is 19.5 Å². The van der Waals surface area contributed by atoms with Crippen LogP contribution in [0.25, 0.3) is 0 Å². The van der Waals surface area contributed by atoms with Crippen LogP contribution in [0.2, 0.25) is 0 Å². The first-order chi connectivity index (χ1) is 20.7. The Hall–Kier alpha value is -5.22. The van der Waals surface area contributed by atoms with Crippen molar-refractivity contribution in [1.82, 2.24) is 31.5 Å². The van der Waals surface area contributed by atoms with Gasteiger partial charge in [-0.15, -0.1) is 0 Å². The van der Waals surface area contributed by atoms with Crippen LogP contribution >= 0.6 is 0 Å². The zero-order valence-corrected chi connectivity index (χ0v) is 24.3. The highest BCUT2D eigenvalue weighted by atomic mass is 16.4. The van der Waals surface area contributed by atoms with Crippen LogP contribution in [0, 0.1) is 0 Å². The number of carboxylic acids is 1. The molecule has 240 valence electrons. The molecule has 1 aliphatic heterocycles. The fourth-order valence-electron chi connectivity index (χ4n) is 4.38. The molecular formula is C27H37N7O10. The van der Waals surface area contributed by atoms with Gasteiger partial charge in [0.1, 0.15) is 29.9 Å². The summed E-state index contributed by atoms with van der Waals surface area (Å²) in [5.41, 5.74) is 5.61. The maximum absolute atomic E-state index is 12.9. The number of carboxylic acid groups (broad SMARTS) is 1. The molecule has 1 aliphatic rings. The van der Waals surface area contributed by atoms with E-state index in [0.717, 1.165) is 0 Å². The molecule has 17 nitrogen and oxygen atoms in total. The fourth-order valence-corrected chi connectivity index (χ4v) is 4.38. The Bertz CT molecular complexity index is 1270. The Morgan fingerprint density at radius 3 is 2.16 bits per heavy atom. The molecule has 0 saturated carbocycles. The van der Waals surface area contributed by atoms with Crippen molar-refractivity contribution in [3.63, 3.8) is 0 Å². The number of aliphatic carboxylic acids is 1. The van der Waals surface area contributed by atoms with Crippen LogP contribution in [0.4, 0.5) is 0 Å². The number of amides is 7. The lowest BCUT2D eigenvalue weighted by molar-refractivity contribution is -0.141. The minimum atomic E-state index is -1.63. The molecule has 0 aliphatic carbocycles. The molecule has 4 atom stereocenters. The summed E-state index contributed by atoms with van der Waals surface area (Å²) in [5.74, 6) is -6.67. The number of primary amides is 1. The van der Waals surface area contributed by atoms with Crippen molar-refractivity contribution in [2.45, 2.75) is 63.7 Å². The summed E-state index contributed by atoms with van der Waals surface area (Å²) in [5, 5.41) is 30.3. The molecular weight excluding hydrogens is 582 g/mol. The Kier molecular flexibility index (Phi) is 13.1. The summed E-state index contributed by atoms with van der Waals surface area (Å²) in [6.07, 6.45) is 0.122. The SMILES string of the molecule is CC(=O)N1CCC[C@H]1C(=O)NCC(=O)N[C@@H](CC(=O)O)C(=O)N[C@@H](C)C(=O)N[C@@H](Cc1ccc(O)cc1)C(=O)NCC(N)=O. The molecule has 1 fully saturated rings. The predicted octanol–water partition coefficient (Wildman–Crippen LogP) is -3.39. The Labute approximate surface area is 252 Å². The molecule has 1 aromatic carbocycles. The van der Waals surface area contributed by atoms with E-state index in [4.69, 9.17) is 5.73 Å². The Morgan fingerprint density at radius 1 is 0.909 bits per heavy atom. The lowest BCUT2D eigenvalue weighted by Crippen LogP contribution is -2.57. The normalized spacial score (nSPS) is 16.0. The van der Waals surface area contributed by atoms with Gasteiger partial charge in [-0.1, -0.05) is 12.1 Å². The largest absolute Gasteiger partial charge is 0.508 e. The maximum atomic E-state index is 12.9. The second kappa shape index (κ2) is 16.4. The predicted molar refractivity (Wildman–Crippen MR) is 151 cm³/mol. The molecule has 9 N–H and O–H groups in total. The molecule has 1 saturated heterocycles. The highest BCUT2D eigenvalue weighted by Gasteiger charge is 2.33. The van der Waals surface area contributed by atoms with Crippen molar-refractivity contribution in [2.24, 2.45) is 5.73 Å². The van der Waals surface area contributed by atoms with Crippen molar-refractivity contribution in [3.8, 4) is 5.75 Å². The van der Waals surface area contributed by atoms with E-state index in [-0.39, 0.29) is 18.1 Å².